The molecule has 0 aromatic heterocycles. The minimum Gasteiger partial charge on any atom is -0.462 e. The van der Waals surface area contributed by atoms with E-state index >= 15 is 0 Å². The van der Waals surface area contributed by atoms with Gasteiger partial charge in [-0.2, -0.15) is 0 Å². The molecule has 0 saturated heterocycles. The first kappa shape index (κ1) is 21.6. The van der Waals surface area contributed by atoms with Crippen LogP contribution in [0, 0.1) is 0 Å². The summed E-state index contributed by atoms with van der Waals surface area (Å²) in [6.07, 6.45) is -0.0208. The quantitative estimate of drug-likeness (QED) is 0.661. The highest BCUT2D eigenvalue weighted by molar-refractivity contribution is 6.01. The molecule has 2 aromatic carbocycles. The lowest BCUT2D eigenvalue weighted by Gasteiger charge is -2.10. The van der Waals surface area contributed by atoms with Crippen molar-refractivity contribution in [2.75, 3.05) is 23.8 Å². The van der Waals surface area contributed by atoms with Crippen molar-refractivity contribution >= 4 is 35.1 Å². The Kier molecular flexibility index (Phi) is 7.90. The Balaban J connectivity index is 1.85. The zero-order valence-electron chi connectivity index (χ0n) is 16.2. The highest BCUT2D eigenvalue weighted by Gasteiger charge is 2.15. The second-order valence-electron chi connectivity index (χ2n) is 6.03. The van der Waals surface area contributed by atoms with Crippen LogP contribution in [0.25, 0.3) is 0 Å². The number of rotatable bonds is 8. The van der Waals surface area contributed by atoms with Gasteiger partial charge < -0.3 is 20.1 Å². The summed E-state index contributed by atoms with van der Waals surface area (Å²) in [4.78, 5) is 46.9. The third-order valence-electron chi connectivity index (χ3n) is 3.68. The highest BCUT2D eigenvalue weighted by Crippen LogP contribution is 2.16. The van der Waals surface area contributed by atoms with E-state index in [0.717, 1.165) is 0 Å². The minimum absolute atomic E-state index is 0.0208. The Morgan fingerprint density at radius 1 is 0.897 bits per heavy atom. The van der Waals surface area contributed by atoms with Gasteiger partial charge in [-0.1, -0.05) is 24.3 Å². The van der Waals surface area contributed by atoms with E-state index in [4.69, 9.17) is 9.47 Å². The standard InChI is InChI=1S/C21H22N2O6/c1-3-28-21(27)17-6-4-5-7-18(17)23-19(25)13-29-20(26)12-15-8-10-16(11-9-15)22-14(2)24/h4-11H,3,12-13H2,1-2H3,(H,22,24)(H,23,25). The maximum atomic E-state index is 12.1. The van der Waals surface area contributed by atoms with E-state index in [0.29, 0.717) is 11.3 Å². The number of para-hydroxylation sites is 1. The average Bonchev–Trinajstić information content (AvgIpc) is 2.68. The molecular weight excluding hydrogens is 376 g/mol. The number of carbonyl (C=O) groups is 4. The van der Waals surface area contributed by atoms with Gasteiger partial charge in [0.2, 0.25) is 5.91 Å². The first-order valence-electron chi connectivity index (χ1n) is 8.97. The van der Waals surface area contributed by atoms with Gasteiger partial charge in [0.05, 0.1) is 24.3 Å². The molecule has 152 valence electrons. The maximum absolute atomic E-state index is 12.1. The fourth-order valence-electron chi connectivity index (χ4n) is 2.44. The van der Waals surface area contributed by atoms with Crippen molar-refractivity contribution in [2.24, 2.45) is 0 Å². The number of nitrogens with one attached hydrogen (secondary N) is 2. The van der Waals surface area contributed by atoms with E-state index < -0.39 is 24.5 Å². The molecule has 0 radical (unpaired) electrons. The van der Waals surface area contributed by atoms with Gasteiger partial charge in [-0.15, -0.1) is 0 Å². The molecule has 0 spiro atoms. The molecule has 0 saturated carbocycles. The zero-order chi connectivity index (χ0) is 21.2. The average molecular weight is 398 g/mol. The van der Waals surface area contributed by atoms with Crippen molar-refractivity contribution < 1.29 is 28.7 Å². The molecule has 2 rings (SSSR count). The highest BCUT2D eigenvalue weighted by atomic mass is 16.5. The summed E-state index contributed by atoms with van der Waals surface area (Å²) >= 11 is 0. The van der Waals surface area contributed by atoms with Crippen LogP contribution in [0.1, 0.15) is 29.8 Å². The molecule has 2 N–H and O–H groups in total. The molecule has 2 aromatic rings. The number of ether oxygens (including phenoxy) is 2. The van der Waals surface area contributed by atoms with Crippen LogP contribution in [0.2, 0.25) is 0 Å². The number of esters is 2. The molecule has 29 heavy (non-hydrogen) atoms. The Morgan fingerprint density at radius 2 is 1.59 bits per heavy atom. The van der Waals surface area contributed by atoms with Crippen LogP contribution in [0.15, 0.2) is 48.5 Å². The lowest BCUT2D eigenvalue weighted by molar-refractivity contribution is -0.146. The monoisotopic (exact) mass is 398 g/mol. The molecule has 0 heterocycles. The van der Waals surface area contributed by atoms with Crippen molar-refractivity contribution in [1.82, 2.24) is 0 Å². The smallest absolute Gasteiger partial charge is 0.340 e. The lowest BCUT2D eigenvalue weighted by atomic mass is 10.1. The van der Waals surface area contributed by atoms with Gasteiger partial charge >= 0.3 is 11.9 Å². The molecule has 0 aliphatic rings. The van der Waals surface area contributed by atoms with Crippen LogP contribution < -0.4 is 10.6 Å². The lowest BCUT2D eigenvalue weighted by Crippen LogP contribution is -2.23. The van der Waals surface area contributed by atoms with Crippen LogP contribution >= 0.6 is 0 Å². The van der Waals surface area contributed by atoms with Gasteiger partial charge in [-0.05, 0) is 36.8 Å². The Labute approximate surface area is 168 Å². The molecule has 0 aliphatic carbocycles. The van der Waals surface area contributed by atoms with Crippen LogP contribution in [0.4, 0.5) is 11.4 Å². The number of amides is 2. The van der Waals surface area contributed by atoms with Crippen molar-refractivity contribution in [3.05, 3.63) is 59.7 Å². The zero-order valence-corrected chi connectivity index (χ0v) is 16.2. The van der Waals surface area contributed by atoms with Crippen LogP contribution in [-0.4, -0.2) is 37.0 Å². The van der Waals surface area contributed by atoms with Crippen LogP contribution in [0.5, 0.6) is 0 Å². The number of carbonyl (C=O) groups excluding carboxylic acids is 4. The predicted molar refractivity (Wildman–Crippen MR) is 106 cm³/mol. The SMILES string of the molecule is CCOC(=O)c1ccccc1NC(=O)COC(=O)Cc1ccc(NC(C)=O)cc1. The van der Waals surface area contributed by atoms with E-state index in [2.05, 4.69) is 10.6 Å². The van der Waals surface area contributed by atoms with Crippen molar-refractivity contribution in [3.63, 3.8) is 0 Å². The third-order valence-corrected chi connectivity index (χ3v) is 3.68. The van der Waals surface area contributed by atoms with Gasteiger partial charge in [0.15, 0.2) is 6.61 Å². The summed E-state index contributed by atoms with van der Waals surface area (Å²) in [6.45, 7) is 2.82. The molecule has 8 nitrogen and oxygen atoms in total. The van der Waals surface area contributed by atoms with E-state index in [1.165, 1.54) is 13.0 Å². The largest absolute Gasteiger partial charge is 0.462 e. The van der Waals surface area contributed by atoms with Gasteiger partial charge in [-0.3, -0.25) is 14.4 Å². The summed E-state index contributed by atoms with van der Waals surface area (Å²) in [5.41, 5.74) is 1.79. The molecule has 2 amide bonds. The summed E-state index contributed by atoms with van der Waals surface area (Å²) in [6, 6.07) is 13.1. The van der Waals surface area contributed by atoms with E-state index in [9.17, 15) is 19.2 Å². The van der Waals surface area contributed by atoms with E-state index in [1.54, 1.807) is 49.4 Å². The summed E-state index contributed by atoms with van der Waals surface area (Å²) in [5, 5.41) is 5.17. The molecule has 0 atom stereocenters. The van der Waals surface area contributed by atoms with Crippen molar-refractivity contribution in [1.29, 1.82) is 0 Å². The third kappa shape index (κ3) is 7.10. The Bertz CT molecular complexity index is 892. The van der Waals surface area contributed by atoms with Crippen LogP contribution in [-0.2, 0) is 30.3 Å². The van der Waals surface area contributed by atoms with E-state index in [-0.39, 0.29) is 30.2 Å². The fourth-order valence-corrected chi connectivity index (χ4v) is 2.44. The number of hydrogen-bond donors (Lipinski definition) is 2. The first-order chi connectivity index (χ1) is 13.9. The Hall–Kier alpha value is -3.68. The van der Waals surface area contributed by atoms with Crippen LogP contribution in [0.3, 0.4) is 0 Å². The summed E-state index contributed by atoms with van der Waals surface area (Å²) in [5.74, 6) is -1.89. The van der Waals surface area contributed by atoms with Gasteiger partial charge in [-0.25, -0.2) is 4.79 Å². The molecule has 0 aliphatic heterocycles. The molecule has 0 fully saturated rings. The minimum atomic E-state index is -0.578. The molecular formula is C21H22N2O6. The number of hydrogen-bond acceptors (Lipinski definition) is 6. The number of benzene rings is 2. The van der Waals surface area contributed by atoms with Gasteiger partial charge in [0.25, 0.3) is 5.91 Å². The van der Waals surface area contributed by atoms with Crippen molar-refractivity contribution in [2.45, 2.75) is 20.3 Å². The van der Waals surface area contributed by atoms with Gasteiger partial charge in [0.1, 0.15) is 0 Å². The number of anilines is 2. The first-order valence-corrected chi connectivity index (χ1v) is 8.97. The normalized spacial score (nSPS) is 10.0. The fraction of sp³-hybridized carbons (Fsp3) is 0.238. The second-order valence-corrected chi connectivity index (χ2v) is 6.03. The predicted octanol–water partition coefficient (Wildman–Crippen LogP) is 2.55. The van der Waals surface area contributed by atoms with Gasteiger partial charge in [0, 0.05) is 12.6 Å². The maximum Gasteiger partial charge on any atom is 0.340 e. The Morgan fingerprint density at radius 3 is 2.24 bits per heavy atom. The second kappa shape index (κ2) is 10.6. The van der Waals surface area contributed by atoms with Crippen molar-refractivity contribution in [3.8, 4) is 0 Å². The van der Waals surface area contributed by atoms with E-state index in [1.807, 2.05) is 0 Å². The summed E-state index contributed by atoms with van der Waals surface area (Å²) in [7, 11) is 0. The summed E-state index contributed by atoms with van der Waals surface area (Å²) < 4.78 is 9.93. The molecule has 8 heteroatoms. The molecule has 0 unspecified atom stereocenters. The topological polar surface area (TPSA) is 111 Å². The molecule has 0 bridgehead atoms.